The fraction of sp³-hybridized carbons (Fsp3) is 0.174. The number of hydrogen-bond donors (Lipinski definition) is 1. The Morgan fingerprint density at radius 3 is 2.55 bits per heavy atom. The lowest BCUT2D eigenvalue weighted by molar-refractivity contribution is -0.384. The van der Waals surface area contributed by atoms with Crippen LogP contribution in [0.15, 0.2) is 65.5 Å². The Kier molecular flexibility index (Phi) is 7.86. The molecule has 0 aliphatic rings. The SMILES string of the molecule is C.COC(=O)c1ncsc1N[C@@H](Cc1ccc([N+](=O)[O-])cc1)c1csc(-c2ccccc2)n1. The number of carbonyl (C=O) groups is 1. The molecular formula is C23H22N4O4S2. The van der Waals surface area contributed by atoms with E-state index < -0.39 is 10.9 Å². The zero-order chi connectivity index (χ0) is 22.5. The van der Waals surface area contributed by atoms with Gasteiger partial charge in [0.2, 0.25) is 0 Å². The molecule has 0 saturated carbocycles. The Balaban J connectivity index is 0.00000306. The first kappa shape index (κ1) is 24.0. The van der Waals surface area contributed by atoms with E-state index in [-0.39, 0.29) is 24.8 Å². The summed E-state index contributed by atoms with van der Waals surface area (Å²) in [7, 11) is 1.31. The van der Waals surface area contributed by atoms with Gasteiger partial charge in [0, 0.05) is 23.1 Å². The Morgan fingerprint density at radius 2 is 1.88 bits per heavy atom. The van der Waals surface area contributed by atoms with Crippen molar-refractivity contribution >= 4 is 39.3 Å². The molecule has 0 spiro atoms. The van der Waals surface area contributed by atoms with Crippen molar-refractivity contribution in [1.29, 1.82) is 0 Å². The van der Waals surface area contributed by atoms with Crippen LogP contribution in [0.1, 0.15) is 35.2 Å². The fourth-order valence-corrected chi connectivity index (χ4v) is 4.73. The summed E-state index contributed by atoms with van der Waals surface area (Å²) in [4.78, 5) is 31.5. The number of hydrogen-bond acceptors (Lipinski definition) is 9. The second-order valence-electron chi connectivity index (χ2n) is 6.79. The smallest absolute Gasteiger partial charge is 0.359 e. The third-order valence-corrected chi connectivity index (χ3v) is 6.41. The molecule has 0 aliphatic carbocycles. The molecule has 0 radical (unpaired) electrons. The average molecular weight is 483 g/mol. The van der Waals surface area contributed by atoms with Gasteiger partial charge in [-0.3, -0.25) is 10.1 Å². The number of methoxy groups -OCH3 is 1. The van der Waals surface area contributed by atoms with Crippen molar-refractivity contribution in [2.75, 3.05) is 12.4 Å². The first-order valence-electron chi connectivity index (χ1n) is 9.57. The van der Waals surface area contributed by atoms with Gasteiger partial charge < -0.3 is 10.1 Å². The quantitative estimate of drug-likeness (QED) is 0.187. The van der Waals surface area contributed by atoms with E-state index in [2.05, 4.69) is 10.3 Å². The van der Waals surface area contributed by atoms with Gasteiger partial charge in [0.05, 0.1) is 29.3 Å². The van der Waals surface area contributed by atoms with E-state index >= 15 is 0 Å². The van der Waals surface area contributed by atoms with Gasteiger partial charge >= 0.3 is 5.97 Å². The number of non-ortho nitro benzene ring substituents is 1. The monoisotopic (exact) mass is 482 g/mol. The largest absolute Gasteiger partial charge is 0.464 e. The maximum atomic E-state index is 12.1. The molecule has 0 fully saturated rings. The number of nitro groups is 1. The lowest BCUT2D eigenvalue weighted by Crippen LogP contribution is -2.16. The van der Waals surface area contributed by atoms with E-state index in [0.717, 1.165) is 21.8 Å². The number of carbonyl (C=O) groups excluding carboxylic acids is 1. The highest BCUT2D eigenvalue weighted by Gasteiger charge is 2.22. The number of aromatic nitrogens is 2. The molecule has 8 nitrogen and oxygen atoms in total. The predicted octanol–water partition coefficient (Wildman–Crippen LogP) is 5.99. The average Bonchev–Trinajstić information content (AvgIpc) is 3.49. The van der Waals surface area contributed by atoms with Crippen LogP contribution in [-0.2, 0) is 11.2 Å². The Labute approximate surface area is 199 Å². The highest BCUT2D eigenvalue weighted by atomic mass is 32.1. The lowest BCUT2D eigenvalue weighted by atomic mass is 10.0. The van der Waals surface area contributed by atoms with Gasteiger partial charge in [-0.15, -0.1) is 22.7 Å². The van der Waals surface area contributed by atoms with Crippen molar-refractivity contribution < 1.29 is 14.5 Å². The Hall–Kier alpha value is -3.63. The molecule has 2 aromatic carbocycles. The summed E-state index contributed by atoms with van der Waals surface area (Å²) in [5.74, 6) is -0.522. The van der Waals surface area contributed by atoms with Crippen LogP contribution in [-0.4, -0.2) is 28.0 Å². The van der Waals surface area contributed by atoms with Gasteiger partial charge in [0.15, 0.2) is 5.69 Å². The topological polar surface area (TPSA) is 107 Å². The van der Waals surface area contributed by atoms with E-state index in [1.165, 1.54) is 41.9 Å². The van der Waals surface area contributed by atoms with Gasteiger partial charge in [-0.25, -0.2) is 14.8 Å². The van der Waals surface area contributed by atoms with Crippen LogP contribution < -0.4 is 5.32 Å². The van der Waals surface area contributed by atoms with Crippen molar-refractivity contribution in [2.24, 2.45) is 0 Å². The second-order valence-corrected chi connectivity index (χ2v) is 8.50. The van der Waals surface area contributed by atoms with Crippen LogP contribution in [0.2, 0.25) is 0 Å². The normalized spacial score (nSPS) is 11.3. The molecule has 33 heavy (non-hydrogen) atoms. The molecule has 1 atom stereocenters. The van der Waals surface area contributed by atoms with Crippen molar-refractivity contribution in [2.45, 2.75) is 19.9 Å². The lowest BCUT2D eigenvalue weighted by Gasteiger charge is -2.18. The molecule has 0 saturated heterocycles. The number of anilines is 1. The van der Waals surface area contributed by atoms with Crippen LogP contribution >= 0.6 is 22.7 Å². The first-order chi connectivity index (χ1) is 15.5. The maximum Gasteiger partial charge on any atom is 0.359 e. The molecule has 170 valence electrons. The highest BCUT2D eigenvalue weighted by molar-refractivity contribution is 7.14. The first-order valence-corrected chi connectivity index (χ1v) is 11.3. The van der Waals surface area contributed by atoms with E-state index in [0.29, 0.717) is 11.4 Å². The van der Waals surface area contributed by atoms with Gasteiger partial charge in [-0.05, 0) is 12.0 Å². The molecule has 2 aromatic heterocycles. The van der Waals surface area contributed by atoms with Crippen LogP contribution in [0.5, 0.6) is 0 Å². The molecule has 0 bridgehead atoms. The molecule has 0 unspecified atom stereocenters. The Morgan fingerprint density at radius 1 is 1.15 bits per heavy atom. The number of benzene rings is 2. The van der Waals surface area contributed by atoms with E-state index in [1.54, 1.807) is 17.6 Å². The van der Waals surface area contributed by atoms with Crippen molar-refractivity contribution in [3.8, 4) is 10.6 Å². The standard InChI is InChI=1S/C22H18N4O4S2.CH4/c1-30-22(27)19-21(32-13-23-19)24-17(11-14-7-9-16(10-8-14)26(28)29)18-12-31-20(25-18)15-5-3-2-4-6-15;/h2-10,12-13,17,24H,11H2,1H3;1H4/t17-;/m0./s1. The number of thiazole rings is 2. The zero-order valence-electron chi connectivity index (χ0n) is 16.9. The number of nitro benzene ring substituents is 1. The minimum Gasteiger partial charge on any atom is -0.464 e. The minimum absolute atomic E-state index is 0. The van der Waals surface area contributed by atoms with Crippen LogP contribution in [0.3, 0.4) is 0 Å². The molecule has 0 amide bonds. The number of esters is 1. The number of nitrogens with one attached hydrogen (secondary N) is 1. The third kappa shape index (κ3) is 5.60. The molecule has 4 rings (SSSR count). The van der Waals surface area contributed by atoms with Crippen molar-refractivity contribution in [3.05, 3.63) is 92.6 Å². The maximum absolute atomic E-state index is 12.1. The van der Waals surface area contributed by atoms with Gasteiger partial charge in [-0.1, -0.05) is 49.9 Å². The van der Waals surface area contributed by atoms with Crippen molar-refractivity contribution in [3.63, 3.8) is 0 Å². The summed E-state index contributed by atoms with van der Waals surface area (Å²) in [6, 6.07) is 16.0. The minimum atomic E-state index is -0.522. The summed E-state index contributed by atoms with van der Waals surface area (Å²) in [6.07, 6.45) is 0.508. The molecule has 2 heterocycles. The third-order valence-electron chi connectivity index (χ3n) is 4.74. The predicted molar refractivity (Wildman–Crippen MR) is 131 cm³/mol. The van der Waals surface area contributed by atoms with E-state index in [1.807, 2.05) is 35.7 Å². The summed E-state index contributed by atoms with van der Waals surface area (Å²) < 4.78 is 4.83. The summed E-state index contributed by atoms with van der Waals surface area (Å²) >= 11 is 2.83. The molecular weight excluding hydrogens is 460 g/mol. The van der Waals surface area contributed by atoms with Gasteiger partial charge in [0.1, 0.15) is 10.0 Å². The van der Waals surface area contributed by atoms with E-state index in [4.69, 9.17) is 9.72 Å². The van der Waals surface area contributed by atoms with Gasteiger partial charge in [-0.2, -0.15) is 0 Å². The van der Waals surface area contributed by atoms with Crippen molar-refractivity contribution in [1.82, 2.24) is 9.97 Å². The number of ether oxygens (including phenoxy) is 1. The molecule has 4 aromatic rings. The van der Waals surface area contributed by atoms with Crippen LogP contribution in [0.25, 0.3) is 10.6 Å². The zero-order valence-corrected chi connectivity index (χ0v) is 18.6. The second kappa shape index (κ2) is 10.8. The van der Waals surface area contributed by atoms with Crippen LogP contribution in [0.4, 0.5) is 10.7 Å². The fourth-order valence-electron chi connectivity index (χ4n) is 3.13. The molecule has 0 aliphatic heterocycles. The Bertz CT molecular complexity index is 1220. The summed E-state index contributed by atoms with van der Waals surface area (Å²) in [6.45, 7) is 0. The van der Waals surface area contributed by atoms with Gasteiger partial charge in [0.25, 0.3) is 5.69 Å². The van der Waals surface area contributed by atoms with Crippen LogP contribution in [0, 0.1) is 10.1 Å². The highest BCUT2D eigenvalue weighted by Crippen LogP contribution is 2.32. The number of nitrogens with zero attached hydrogens (tertiary/aromatic N) is 3. The molecule has 10 heteroatoms. The number of rotatable bonds is 8. The molecule has 1 N–H and O–H groups in total. The van der Waals surface area contributed by atoms with E-state index in [9.17, 15) is 14.9 Å². The summed E-state index contributed by atoms with van der Waals surface area (Å²) in [5, 5.41) is 17.8. The summed E-state index contributed by atoms with van der Waals surface area (Å²) in [5.41, 5.74) is 4.54.